The highest BCUT2D eigenvalue weighted by molar-refractivity contribution is 7.08. The molecule has 6 nitrogen and oxygen atoms in total. The van der Waals surface area contributed by atoms with E-state index in [4.69, 9.17) is 4.74 Å². The quantitative estimate of drug-likeness (QED) is 0.709. The molecule has 0 saturated carbocycles. The number of nitrogens with zero attached hydrogens (tertiary/aromatic N) is 3. The van der Waals surface area contributed by atoms with Gasteiger partial charge in [0.1, 0.15) is 0 Å². The average molecular weight is 420 g/mol. The lowest BCUT2D eigenvalue weighted by Crippen LogP contribution is -2.53. The van der Waals surface area contributed by atoms with E-state index in [0.717, 1.165) is 70.6 Å². The molecule has 0 aliphatic carbocycles. The molecular formula is C22H33N3O3S. The highest BCUT2D eigenvalue weighted by atomic mass is 32.1. The number of hydrogen-bond acceptors (Lipinski definition) is 5. The van der Waals surface area contributed by atoms with Crippen molar-refractivity contribution in [2.75, 3.05) is 59.5 Å². The van der Waals surface area contributed by atoms with Crippen LogP contribution in [0.5, 0.6) is 0 Å². The Labute approximate surface area is 177 Å². The molecule has 1 atom stereocenters. The predicted octanol–water partition coefficient (Wildman–Crippen LogP) is 2.10. The largest absolute Gasteiger partial charge is 0.383 e. The van der Waals surface area contributed by atoms with E-state index in [1.807, 2.05) is 21.2 Å². The van der Waals surface area contributed by atoms with Crippen molar-refractivity contribution in [3.63, 3.8) is 0 Å². The Bertz CT molecular complexity index is 730. The van der Waals surface area contributed by atoms with Crippen LogP contribution >= 0.6 is 11.3 Å². The zero-order valence-corrected chi connectivity index (χ0v) is 18.5. The van der Waals surface area contributed by atoms with E-state index in [2.05, 4.69) is 17.2 Å². The minimum atomic E-state index is -0.279. The molecule has 0 radical (unpaired) electrons. The summed E-state index contributed by atoms with van der Waals surface area (Å²) in [5.74, 6) is 0.562. The molecule has 4 heterocycles. The van der Waals surface area contributed by atoms with Gasteiger partial charge >= 0.3 is 0 Å². The number of thiophene rings is 1. The molecule has 1 aromatic rings. The Morgan fingerprint density at radius 3 is 2.62 bits per heavy atom. The summed E-state index contributed by atoms with van der Waals surface area (Å²) in [6, 6.07) is 2.03. The van der Waals surface area contributed by atoms with Crippen molar-refractivity contribution in [2.24, 2.45) is 10.8 Å². The first-order valence-corrected chi connectivity index (χ1v) is 11.8. The molecule has 2 amide bonds. The summed E-state index contributed by atoms with van der Waals surface area (Å²) in [6.07, 6.45) is 3.29. The van der Waals surface area contributed by atoms with Crippen molar-refractivity contribution in [1.29, 1.82) is 0 Å². The van der Waals surface area contributed by atoms with Crippen LogP contribution in [0, 0.1) is 10.8 Å². The number of hydrogen-bond donors (Lipinski definition) is 0. The van der Waals surface area contributed by atoms with Crippen molar-refractivity contribution in [3.05, 3.63) is 22.4 Å². The van der Waals surface area contributed by atoms with Gasteiger partial charge in [0.15, 0.2) is 0 Å². The molecule has 3 aliphatic heterocycles. The van der Waals surface area contributed by atoms with Crippen molar-refractivity contribution in [2.45, 2.75) is 32.6 Å². The molecule has 3 fully saturated rings. The molecule has 0 bridgehead atoms. The van der Waals surface area contributed by atoms with Gasteiger partial charge in [-0.3, -0.25) is 14.5 Å². The lowest BCUT2D eigenvalue weighted by molar-refractivity contribution is -0.143. The Kier molecular flexibility index (Phi) is 6.00. The second kappa shape index (κ2) is 8.36. The Balaban J connectivity index is 1.49. The third kappa shape index (κ3) is 3.62. The van der Waals surface area contributed by atoms with E-state index < -0.39 is 0 Å². The maximum atomic E-state index is 13.5. The first kappa shape index (κ1) is 20.8. The molecule has 3 saturated heterocycles. The number of carbonyl (C=O) groups excluding carboxylic acids is 2. The topological polar surface area (TPSA) is 53.1 Å². The fourth-order valence-electron chi connectivity index (χ4n) is 5.84. The molecule has 7 heteroatoms. The first-order chi connectivity index (χ1) is 14.0. The standard InChI is InChI=1S/C22H33N3O3S/c1-3-24-10-7-22(20(24)27)17-23(11-12-28-2)16-21(22)5-8-25(9-6-21)19(26)14-18-4-13-29-15-18/h4,13,15H,3,5-12,14,16-17H2,1-2H3/t22-/m1/s1. The molecule has 29 heavy (non-hydrogen) atoms. The molecule has 2 spiro atoms. The maximum absolute atomic E-state index is 13.5. The molecule has 0 aromatic carbocycles. The van der Waals surface area contributed by atoms with Gasteiger partial charge in [0, 0.05) is 58.3 Å². The summed E-state index contributed by atoms with van der Waals surface area (Å²) in [7, 11) is 1.73. The van der Waals surface area contributed by atoms with Gasteiger partial charge in [-0.15, -0.1) is 0 Å². The van der Waals surface area contributed by atoms with E-state index in [9.17, 15) is 9.59 Å². The van der Waals surface area contributed by atoms with Gasteiger partial charge in [-0.25, -0.2) is 0 Å². The summed E-state index contributed by atoms with van der Waals surface area (Å²) >= 11 is 1.64. The number of rotatable bonds is 6. The smallest absolute Gasteiger partial charge is 0.230 e. The van der Waals surface area contributed by atoms with Crippen molar-refractivity contribution < 1.29 is 14.3 Å². The maximum Gasteiger partial charge on any atom is 0.230 e. The summed E-state index contributed by atoms with van der Waals surface area (Å²) in [5, 5.41) is 4.08. The Hall–Kier alpha value is -1.44. The fourth-order valence-corrected chi connectivity index (χ4v) is 6.51. The van der Waals surface area contributed by atoms with Crippen LogP contribution in [-0.4, -0.2) is 86.0 Å². The summed E-state index contributed by atoms with van der Waals surface area (Å²) in [4.78, 5) is 32.7. The van der Waals surface area contributed by atoms with Crippen LogP contribution in [-0.2, 0) is 20.7 Å². The van der Waals surface area contributed by atoms with Gasteiger partial charge < -0.3 is 14.5 Å². The van der Waals surface area contributed by atoms with Gasteiger partial charge in [-0.05, 0) is 48.6 Å². The number of carbonyl (C=O) groups is 2. The second-order valence-corrected chi connectivity index (χ2v) is 9.67. The van der Waals surface area contributed by atoms with Crippen LogP contribution in [0.25, 0.3) is 0 Å². The van der Waals surface area contributed by atoms with Crippen LogP contribution in [0.1, 0.15) is 31.7 Å². The third-order valence-electron chi connectivity index (χ3n) is 7.54. The Morgan fingerprint density at radius 1 is 1.21 bits per heavy atom. The fraction of sp³-hybridized carbons (Fsp3) is 0.727. The van der Waals surface area contributed by atoms with E-state index in [1.54, 1.807) is 18.4 Å². The van der Waals surface area contributed by atoms with E-state index >= 15 is 0 Å². The Morgan fingerprint density at radius 2 is 2.00 bits per heavy atom. The zero-order valence-electron chi connectivity index (χ0n) is 17.7. The SMILES string of the molecule is CCN1CC[C@@]2(CN(CCOC)CC23CCN(C(=O)Cc2ccsc2)CC3)C1=O. The lowest BCUT2D eigenvalue weighted by atomic mass is 9.60. The van der Waals surface area contributed by atoms with Crippen molar-refractivity contribution in [1.82, 2.24) is 14.7 Å². The van der Waals surface area contributed by atoms with Crippen LogP contribution in [0.2, 0.25) is 0 Å². The minimum Gasteiger partial charge on any atom is -0.383 e. The number of piperidine rings is 1. The van der Waals surface area contributed by atoms with Crippen LogP contribution in [0.15, 0.2) is 16.8 Å². The zero-order chi connectivity index (χ0) is 20.5. The number of likely N-dealkylation sites (tertiary alicyclic amines) is 3. The number of fused-ring (bicyclic) bond motifs is 1. The van der Waals surface area contributed by atoms with Crippen LogP contribution < -0.4 is 0 Å². The molecule has 1 aromatic heterocycles. The normalized spacial score (nSPS) is 26.9. The third-order valence-corrected chi connectivity index (χ3v) is 8.27. The first-order valence-electron chi connectivity index (χ1n) is 10.8. The van der Waals surface area contributed by atoms with E-state index in [-0.39, 0.29) is 16.7 Å². The lowest BCUT2D eigenvalue weighted by Gasteiger charge is -2.47. The average Bonchev–Trinajstić information content (AvgIpc) is 3.42. The van der Waals surface area contributed by atoms with Gasteiger partial charge in [-0.1, -0.05) is 0 Å². The van der Waals surface area contributed by atoms with Gasteiger partial charge in [0.2, 0.25) is 11.8 Å². The summed E-state index contributed by atoms with van der Waals surface area (Å²) in [6.45, 7) is 8.64. The van der Waals surface area contributed by atoms with Gasteiger partial charge in [0.25, 0.3) is 0 Å². The molecular weight excluding hydrogens is 386 g/mol. The van der Waals surface area contributed by atoms with Gasteiger partial charge in [0.05, 0.1) is 18.4 Å². The molecule has 0 unspecified atom stereocenters. The molecule has 0 N–H and O–H groups in total. The van der Waals surface area contributed by atoms with Crippen LogP contribution in [0.4, 0.5) is 0 Å². The number of methoxy groups -OCH3 is 1. The summed E-state index contributed by atoms with van der Waals surface area (Å²) in [5.41, 5.74) is 0.813. The predicted molar refractivity (Wildman–Crippen MR) is 114 cm³/mol. The number of amides is 2. The molecule has 3 aliphatic rings. The monoisotopic (exact) mass is 419 g/mol. The van der Waals surface area contributed by atoms with Crippen molar-refractivity contribution in [3.8, 4) is 0 Å². The minimum absolute atomic E-state index is 0.0130. The van der Waals surface area contributed by atoms with E-state index in [1.165, 1.54) is 0 Å². The number of ether oxygens (including phenoxy) is 1. The second-order valence-electron chi connectivity index (χ2n) is 8.89. The van der Waals surface area contributed by atoms with Gasteiger partial charge in [-0.2, -0.15) is 11.3 Å². The highest BCUT2D eigenvalue weighted by Gasteiger charge is 2.64. The van der Waals surface area contributed by atoms with Crippen molar-refractivity contribution >= 4 is 23.2 Å². The molecule has 4 rings (SSSR count). The van der Waals surface area contributed by atoms with Crippen LogP contribution in [0.3, 0.4) is 0 Å². The molecule has 160 valence electrons. The van der Waals surface area contributed by atoms with E-state index in [0.29, 0.717) is 18.9 Å². The summed E-state index contributed by atoms with van der Waals surface area (Å²) < 4.78 is 5.31. The highest BCUT2D eigenvalue weighted by Crippen LogP contribution is 2.57.